The van der Waals surface area contributed by atoms with Crippen molar-refractivity contribution >= 4 is 17.6 Å². The van der Waals surface area contributed by atoms with Gasteiger partial charge in [-0.2, -0.15) is 8.78 Å². The van der Waals surface area contributed by atoms with Gasteiger partial charge in [0.2, 0.25) is 6.10 Å². The second-order valence-electron chi connectivity index (χ2n) is 8.00. The molecule has 1 saturated heterocycles. The number of nitrogens with zero attached hydrogens (tertiary/aromatic N) is 2. The van der Waals surface area contributed by atoms with Crippen LogP contribution in [-0.2, 0) is 15.6 Å². The van der Waals surface area contributed by atoms with Gasteiger partial charge in [-0.15, -0.1) is 8.78 Å². The molecule has 1 fully saturated rings. The number of alkyl halides is 4. The van der Waals surface area contributed by atoms with Crippen molar-refractivity contribution < 1.29 is 46.1 Å². The zero-order chi connectivity index (χ0) is 24.8. The smallest absolute Gasteiger partial charge is 0.485 e. The molecule has 186 valence electrons. The summed E-state index contributed by atoms with van der Waals surface area (Å²) in [5, 5.41) is 2.45. The van der Waals surface area contributed by atoms with Crippen LogP contribution in [0.1, 0.15) is 5.56 Å². The standard InChI is InChI=1S/C22H19F4N3O6/c23-21(24)14-11-13(5-6-15(14)34-22(25,26)35-21)27-20(31)29-9-7-28(8-10-29)19(30)18-12-32-16-3-1-2-4-17(16)33-18/h1-6,11,18H,7-10,12H2,(H,27,31). The molecule has 0 aliphatic carbocycles. The number of para-hydroxylation sites is 2. The van der Waals surface area contributed by atoms with Gasteiger partial charge < -0.3 is 29.3 Å². The Balaban J connectivity index is 1.17. The van der Waals surface area contributed by atoms with Gasteiger partial charge in [-0.25, -0.2) is 9.53 Å². The van der Waals surface area contributed by atoms with Crippen LogP contribution in [0.25, 0.3) is 0 Å². The molecule has 0 saturated carbocycles. The van der Waals surface area contributed by atoms with Crippen molar-refractivity contribution in [2.75, 3.05) is 38.1 Å². The Hall–Kier alpha value is -3.74. The number of hydrogen-bond acceptors (Lipinski definition) is 6. The summed E-state index contributed by atoms with van der Waals surface area (Å²) in [5.74, 6) is 0.0104. The van der Waals surface area contributed by atoms with Crippen molar-refractivity contribution in [2.45, 2.75) is 18.5 Å². The van der Waals surface area contributed by atoms with Crippen LogP contribution in [0.4, 0.5) is 28.0 Å². The van der Waals surface area contributed by atoms with Gasteiger partial charge in [-0.3, -0.25) is 4.79 Å². The molecule has 35 heavy (non-hydrogen) atoms. The number of hydrogen-bond donors (Lipinski definition) is 1. The Bertz CT molecular complexity index is 1160. The third-order valence-electron chi connectivity index (χ3n) is 5.68. The number of rotatable bonds is 2. The van der Waals surface area contributed by atoms with Crippen molar-refractivity contribution in [1.29, 1.82) is 0 Å². The number of halogens is 4. The lowest BCUT2D eigenvalue weighted by Crippen LogP contribution is -2.55. The number of carbonyl (C=O) groups is 2. The first-order valence-corrected chi connectivity index (χ1v) is 10.6. The van der Waals surface area contributed by atoms with Crippen LogP contribution in [0.3, 0.4) is 0 Å². The summed E-state index contributed by atoms with van der Waals surface area (Å²) < 4.78 is 73.1. The van der Waals surface area contributed by atoms with Crippen LogP contribution in [0.15, 0.2) is 42.5 Å². The van der Waals surface area contributed by atoms with Crippen molar-refractivity contribution in [3.8, 4) is 17.2 Å². The van der Waals surface area contributed by atoms with Gasteiger partial charge in [0.05, 0.1) is 5.56 Å². The second-order valence-corrected chi connectivity index (χ2v) is 8.00. The predicted octanol–water partition coefficient (Wildman–Crippen LogP) is 3.21. The lowest BCUT2D eigenvalue weighted by molar-refractivity contribution is -0.461. The molecule has 0 aromatic heterocycles. The number of benzene rings is 2. The molecule has 1 unspecified atom stereocenters. The van der Waals surface area contributed by atoms with Gasteiger partial charge in [-0.1, -0.05) is 12.1 Å². The molecule has 5 rings (SSSR count). The molecule has 2 aromatic rings. The molecular weight excluding hydrogens is 478 g/mol. The van der Waals surface area contributed by atoms with Gasteiger partial charge in [-0.05, 0) is 30.3 Å². The lowest BCUT2D eigenvalue weighted by atomic mass is 10.1. The van der Waals surface area contributed by atoms with Crippen LogP contribution < -0.4 is 19.5 Å². The molecule has 0 spiro atoms. The Morgan fingerprint density at radius 2 is 1.60 bits per heavy atom. The summed E-state index contributed by atoms with van der Waals surface area (Å²) >= 11 is 0. The number of fused-ring (bicyclic) bond motifs is 2. The van der Waals surface area contributed by atoms with Gasteiger partial charge in [0.1, 0.15) is 12.4 Å². The number of piperazine rings is 1. The zero-order valence-corrected chi connectivity index (χ0v) is 18.0. The number of anilines is 1. The van der Waals surface area contributed by atoms with E-state index in [1.165, 1.54) is 4.90 Å². The molecule has 9 nitrogen and oxygen atoms in total. The maximum absolute atomic E-state index is 14.0. The van der Waals surface area contributed by atoms with Crippen LogP contribution in [-0.4, -0.2) is 66.9 Å². The third-order valence-corrected chi connectivity index (χ3v) is 5.68. The number of ether oxygens (including phenoxy) is 4. The molecule has 13 heteroatoms. The fourth-order valence-electron chi connectivity index (χ4n) is 3.95. The molecular formula is C22H19F4N3O6. The molecule has 2 aromatic carbocycles. The average Bonchev–Trinajstić information content (AvgIpc) is 2.82. The van der Waals surface area contributed by atoms with Crippen LogP contribution in [0.2, 0.25) is 0 Å². The Kier molecular flexibility index (Phi) is 5.58. The highest BCUT2D eigenvalue weighted by molar-refractivity contribution is 5.90. The molecule has 0 bridgehead atoms. The van der Waals surface area contributed by atoms with E-state index in [1.54, 1.807) is 29.2 Å². The van der Waals surface area contributed by atoms with E-state index in [2.05, 4.69) is 14.8 Å². The largest absolute Gasteiger partial charge is 0.540 e. The Morgan fingerprint density at radius 1 is 0.914 bits per heavy atom. The summed E-state index contributed by atoms with van der Waals surface area (Å²) in [6.07, 6.45) is -9.59. The molecule has 3 amide bonds. The van der Waals surface area contributed by atoms with E-state index in [0.29, 0.717) is 11.5 Å². The lowest BCUT2D eigenvalue weighted by Gasteiger charge is -2.37. The first kappa shape index (κ1) is 23.0. The molecule has 3 aliphatic heterocycles. The molecule has 1 atom stereocenters. The van der Waals surface area contributed by atoms with E-state index in [0.717, 1.165) is 18.2 Å². The number of nitrogens with one attached hydrogen (secondary N) is 1. The zero-order valence-electron chi connectivity index (χ0n) is 18.0. The van der Waals surface area contributed by atoms with Crippen LogP contribution in [0.5, 0.6) is 17.2 Å². The SMILES string of the molecule is O=C(Nc1ccc2c(c1)C(F)(F)OC(F)(F)O2)N1CCN(C(=O)C2COc3ccccc3O2)CC1. The van der Waals surface area contributed by atoms with Gasteiger partial charge in [0.25, 0.3) is 5.91 Å². The monoisotopic (exact) mass is 497 g/mol. The highest BCUT2D eigenvalue weighted by atomic mass is 19.3. The van der Waals surface area contributed by atoms with E-state index in [9.17, 15) is 27.2 Å². The summed E-state index contributed by atoms with van der Waals surface area (Å²) in [5.41, 5.74) is -0.997. The Labute approximate surface area is 196 Å². The van der Waals surface area contributed by atoms with E-state index in [-0.39, 0.29) is 44.4 Å². The maximum atomic E-state index is 14.0. The minimum atomic E-state index is -4.48. The van der Waals surface area contributed by atoms with Crippen molar-refractivity contribution in [3.63, 3.8) is 0 Å². The highest BCUT2D eigenvalue weighted by Crippen LogP contribution is 2.46. The van der Waals surface area contributed by atoms with Gasteiger partial charge in [0.15, 0.2) is 11.5 Å². The quantitative estimate of drug-likeness (QED) is 0.642. The minimum absolute atomic E-state index is 0.0595. The van der Waals surface area contributed by atoms with E-state index < -0.39 is 35.9 Å². The predicted molar refractivity (Wildman–Crippen MR) is 111 cm³/mol. The average molecular weight is 497 g/mol. The summed E-state index contributed by atoms with van der Waals surface area (Å²) in [6, 6.07) is 9.28. The van der Waals surface area contributed by atoms with Crippen LogP contribution >= 0.6 is 0 Å². The second kappa shape index (κ2) is 8.48. The first-order chi connectivity index (χ1) is 16.6. The number of amides is 3. The normalized spacial score (nSPS) is 22.0. The summed E-state index contributed by atoms with van der Waals surface area (Å²) in [4.78, 5) is 28.4. The van der Waals surface area contributed by atoms with E-state index in [1.807, 2.05) is 0 Å². The molecule has 3 heterocycles. The first-order valence-electron chi connectivity index (χ1n) is 10.6. The van der Waals surface area contributed by atoms with Gasteiger partial charge >= 0.3 is 18.4 Å². The summed E-state index contributed by atoms with van der Waals surface area (Å²) in [6.45, 7) is 0.890. The fraction of sp³-hybridized carbons (Fsp3) is 0.364. The van der Waals surface area contributed by atoms with Crippen LogP contribution in [0, 0.1) is 0 Å². The molecule has 3 aliphatic rings. The minimum Gasteiger partial charge on any atom is -0.485 e. The molecule has 1 N–H and O–H groups in total. The highest BCUT2D eigenvalue weighted by Gasteiger charge is 2.54. The van der Waals surface area contributed by atoms with Gasteiger partial charge in [0, 0.05) is 31.9 Å². The van der Waals surface area contributed by atoms with Crippen molar-refractivity contribution in [1.82, 2.24) is 9.80 Å². The Morgan fingerprint density at radius 3 is 2.34 bits per heavy atom. The van der Waals surface area contributed by atoms with Crippen molar-refractivity contribution in [2.24, 2.45) is 0 Å². The third kappa shape index (κ3) is 4.63. The van der Waals surface area contributed by atoms with Crippen molar-refractivity contribution in [3.05, 3.63) is 48.0 Å². The fourth-order valence-corrected chi connectivity index (χ4v) is 3.95. The number of carbonyl (C=O) groups excluding carboxylic acids is 2. The summed E-state index contributed by atoms with van der Waals surface area (Å²) in [7, 11) is 0. The van der Waals surface area contributed by atoms with E-state index in [4.69, 9.17) is 9.47 Å². The maximum Gasteiger partial charge on any atom is 0.540 e. The number of urea groups is 1. The topological polar surface area (TPSA) is 89.6 Å². The molecule has 0 radical (unpaired) electrons. The van der Waals surface area contributed by atoms with E-state index >= 15 is 0 Å².